The fraction of sp³-hybridized carbons (Fsp3) is 0.357. The molecular formula is C14H17N3O. The average molecular weight is 243 g/mol. The van der Waals surface area contributed by atoms with Gasteiger partial charge < -0.3 is 5.11 Å². The molecule has 1 N–H and O–H groups in total. The maximum absolute atomic E-state index is 9.29. The monoisotopic (exact) mass is 243 g/mol. The van der Waals surface area contributed by atoms with Crippen LogP contribution in [0.2, 0.25) is 0 Å². The molecule has 0 aliphatic heterocycles. The molecule has 0 bridgehead atoms. The second-order valence-electron chi connectivity index (χ2n) is 4.61. The molecule has 0 unspecified atom stereocenters. The molecule has 2 aromatic heterocycles. The van der Waals surface area contributed by atoms with Gasteiger partial charge in [0.05, 0.1) is 12.3 Å². The van der Waals surface area contributed by atoms with Crippen LogP contribution >= 0.6 is 0 Å². The first-order valence-electron chi connectivity index (χ1n) is 6.01. The Kier molecular flexibility index (Phi) is 3.67. The summed E-state index contributed by atoms with van der Waals surface area (Å²) >= 11 is 0. The summed E-state index contributed by atoms with van der Waals surface area (Å²) < 4.78 is 0. The Labute approximate surface area is 107 Å². The van der Waals surface area contributed by atoms with Crippen LogP contribution in [-0.2, 0) is 6.61 Å². The van der Waals surface area contributed by atoms with Crippen molar-refractivity contribution >= 4 is 0 Å². The van der Waals surface area contributed by atoms with Gasteiger partial charge in [-0.1, -0.05) is 13.8 Å². The first kappa shape index (κ1) is 12.6. The molecule has 2 aromatic rings. The van der Waals surface area contributed by atoms with E-state index in [-0.39, 0.29) is 12.5 Å². The van der Waals surface area contributed by atoms with Crippen LogP contribution in [0.25, 0.3) is 11.4 Å². The Balaban J connectivity index is 2.54. The largest absolute Gasteiger partial charge is 0.392 e. The van der Waals surface area contributed by atoms with Crippen molar-refractivity contribution in [3.8, 4) is 11.4 Å². The Hall–Kier alpha value is -1.81. The van der Waals surface area contributed by atoms with Crippen molar-refractivity contribution in [2.45, 2.75) is 33.3 Å². The van der Waals surface area contributed by atoms with Crippen molar-refractivity contribution in [1.29, 1.82) is 0 Å². The van der Waals surface area contributed by atoms with E-state index in [9.17, 15) is 5.11 Å². The highest BCUT2D eigenvalue weighted by Crippen LogP contribution is 2.23. The highest BCUT2D eigenvalue weighted by Gasteiger charge is 2.12. The molecule has 0 aliphatic carbocycles. The van der Waals surface area contributed by atoms with Gasteiger partial charge in [-0.2, -0.15) is 0 Å². The summed E-state index contributed by atoms with van der Waals surface area (Å²) in [6, 6.07) is 1.91. The second kappa shape index (κ2) is 5.23. The average Bonchev–Trinajstić information content (AvgIpc) is 2.38. The topological polar surface area (TPSA) is 58.9 Å². The molecule has 0 radical (unpaired) electrons. The van der Waals surface area contributed by atoms with Crippen molar-refractivity contribution in [2.24, 2.45) is 0 Å². The van der Waals surface area contributed by atoms with Crippen LogP contribution < -0.4 is 0 Å². The van der Waals surface area contributed by atoms with Crippen molar-refractivity contribution < 1.29 is 5.11 Å². The first-order valence-corrected chi connectivity index (χ1v) is 6.01. The van der Waals surface area contributed by atoms with Gasteiger partial charge in [0.2, 0.25) is 0 Å². The molecule has 4 heteroatoms. The van der Waals surface area contributed by atoms with Gasteiger partial charge in [-0.25, -0.2) is 9.97 Å². The van der Waals surface area contributed by atoms with E-state index in [0.717, 1.165) is 22.4 Å². The van der Waals surface area contributed by atoms with E-state index in [4.69, 9.17) is 0 Å². The van der Waals surface area contributed by atoms with Crippen LogP contribution in [-0.4, -0.2) is 20.1 Å². The lowest BCUT2D eigenvalue weighted by Gasteiger charge is -2.12. The van der Waals surface area contributed by atoms with Crippen molar-refractivity contribution in [2.75, 3.05) is 0 Å². The van der Waals surface area contributed by atoms with Crippen LogP contribution in [0.3, 0.4) is 0 Å². The number of aliphatic hydroxyl groups excluding tert-OH is 1. The molecule has 2 rings (SSSR count). The number of pyridine rings is 1. The Morgan fingerprint density at radius 3 is 2.67 bits per heavy atom. The highest BCUT2D eigenvalue weighted by atomic mass is 16.3. The summed E-state index contributed by atoms with van der Waals surface area (Å²) in [6.07, 6.45) is 5.24. The number of hydrogen-bond acceptors (Lipinski definition) is 4. The van der Waals surface area contributed by atoms with E-state index in [1.165, 1.54) is 0 Å². The van der Waals surface area contributed by atoms with E-state index in [0.29, 0.717) is 5.82 Å². The normalized spacial score (nSPS) is 10.9. The van der Waals surface area contributed by atoms with Crippen LogP contribution in [0.4, 0.5) is 0 Å². The van der Waals surface area contributed by atoms with Gasteiger partial charge in [0.1, 0.15) is 0 Å². The number of hydrogen-bond donors (Lipinski definition) is 1. The fourth-order valence-corrected chi connectivity index (χ4v) is 1.90. The zero-order valence-electron chi connectivity index (χ0n) is 10.9. The summed E-state index contributed by atoms with van der Waals surface area (Å²) in [7, 11) is 0. The Morgan fingerprint density at radius 1 is 1.28 bits per heavy atom. The first-order chi connectivity index (χ1) is 8.63. The van der Waals surface area contributed by atoms with Crippen LogP contribution in [0.1, 0.15) is 36.6 Å². The Bertz CT molecular complexity index is 552. The SMILES string of the molecule is Cc1cnccc1-c1ncc(CO)c(C(C)C)n1. The summed E-state index contributed by atoms with van der Waals surface area (Å²) in [4.78, 5) is 13.0. The molecule has 0 atom stereocenters. The minimum absolute atomic E-state index is 0.0247. The minimum atomic E-state index is -0.0247. The van der Waals surface area contributed by atoms with E-state index >= 15 is 0 Å². The van der Waals surface area contributed by atoms with Gasteiger partial charge in [-0.3, -0.25) is 4.98 Å². The summed E-state index contributed by atoms with van der Waals surface area (Å²) in [5, 5.41) is 9.29. The summed E-state index contributed by atoms with van der Waals surface area (Å²) in [5.74, 6) is 0.951. The maximum atomic E-state index is 9.29. The molecule has 0 aliphatic rings. The molecule has 0 spiro atoms. The lowest BCUT2D eigenvalue weighted by Crippen LogP contribution is -2.04. The molecular weight excluding hydrogens is 226 g/mol. The molecule has 0 aromatic carbocycles. The number of aliphatic hydroxyl groups is 1. The van der Waals surface area contributed by atoms with Crippen molar-refractivity contribution in [3.63, 3.8) is 0 Å². The minimum Gasteiger partial charge on any atom is -0.392 e. The molecule has 0 saturated heterocycles. The van der Waals surface area contributed by atoms with Crippen LogP contribution in [0, 0.1) is 6.92 Å². The van der Waals surface area contributed by atoms with Gasteiger partial charge in [0.15, 0.2) is 5.82 Å². The van der Waals surface area contributed by atoms with Gasteiger partial charge in [0.25, 0.3) is 0 Å². The lowest BCUT2D eigenvalue weighted by molar-refractivity contribution is 0.279. The highest BCUT2D eigenvalue weighted by molar-refractivity contribution is 5.58. The second-order valence-corrected chi connectivity index (χ2v) is 4.61. The molecule has 2 heterocycles. The molecule has 0 saturated carbocycles. The third-order valence-electron chi connectivity index (χ3n) is 2.88. The van der Waals surface area contributed by atoms with Gasteiger partial charge in [0, 0.05) is 29.7 Å². The van der Waals surface area contributed by atoms with Gasteiger partial charge in [-0.05, 0) is 24.5 Å². The quantitative estimate of drug-likeness (QED) is 0.899. The lowest BCUT2D eigenvalue weighted by atomic mass is 10.0. The van der Waals surface area contributed by atoms with E-state index in [1.807, 2.05) is 13.0 Å². The van der Waals surface area contributed by atoms with E-state index < -0.39 is 0 Å². The van der Waals surface area contributed by atoms with Crippen LogP contribution in [0.5, 0.6) is 0 Å². The number of nitrogens with zero attached hydrogens (tertiary/aromatic N) is 3. The van der Waals surface area contributed by atoms with Gasteiger partial charge >= 0.3 is 0 Å². The summed E-state index contributed by atoms with van der Waals surface area (Å²) in [5.41, 5.74) is 3.72. The Morgan fingerprint density at radius 2 is 2.06 bits per heavy atom. The number of aryl methyl sites for hydroxylation is 1. The fourth-order valence-electron chi connectivity index (χ4n) is 1.90. The predicted molar refractivity (Wildman–Crippen MR) is 70.0 cm³/mol. The third-order valence-corrected chi connectivity index (χ3v) is 2.88. The van der Waals surface area contributed by atoms with Gasteiger partial charge in [-0.15, -0.1) is 0 Å². The van der Waals surface area contributed by atoms with Crippen LogP contribution in [0.15, 0.2) is 24.7 Å². The summed E-state index contributed by atoms with van der Waals surface area (Å²) in [6.45, 7) is 6.08. The number of aromatic nitrogens is 3. The van der Waals surface area contributed by atoms with E-state index in [2.05, 4.69) is 28.8 Å². The molecule has 18 heavy (non-hydrogen) atoms. The third kappa shape index (κ3) is 2.38. The maximum Gasteiger partial charge on any atom is 0.159 e. The molecule has 0 fully saturated rings. The van der Waals surface area contributed by atoms with E-state index in [1.54, 1.807) is 18.6 Å². The molecule has 94 valence electrons. The zero-order valence-corrected chi connectivity index (χ0v) is 10.9. The molecule has 4 nitrogen and oxygen atoms in total. The van der Waals surface area contributed by atoms with Crippen molar-refractivity contribution in [1.82, 2.24) is 15.0 Å². The number of rotatable bonds is 3. The standard InChI is InChI=1S/C14H17N3O/c1-9(2)13-11(8-18)7-16-14(17-13)12-4-5-15-6-10(12)3/h4-7,9,18H,8H2,1-3H3. The zero-order chi connectivity index (χ0) is 13.1. The smallest absolute Gasteiger partial charge is 0.159 e. The van der Waals surface area contributed by atoms with Crippen molar-refractivity contribution in [3.05, 3.63) is 41.5 Å². The molecule has 0 amide bonds. The predicted octanol–water partition coefficient (Wildman–Crippen LogP) is 2.46.